The summed E-state index contributed by atoms with van der Waals surface area (Å²) in [6.07, 6.45) is 6.84. The van der Waals surface area contributed by atoms with Gasteiger partial charge in [-0.3, -0.25) is 19.5 Å². The van der Waals surface area contributed by atoms with E-state index in [9.17, 15) is 9.59 Å². The Morgan fingerprint density at radius 2 is 2.03 bits per heavy atom. The fourth-order valence-electron chi connectivity index (χ4n) is 4.89. The van der Waals surface area contributed by atoms with Crippen molar-refractivity contribution in [1.82, 2.24) is 19.8 Å². The number of benzene rings is 1. The standard InChI is InChI=1S/C24H28ClN5O3/c1-15-11-26-12-19-22(15)17-9-16(25)10-18(23(17)27-19)28-24(32)20-14-33-8-7-30(20)13-21(31)29-5-3-2-4-6-29/h9-12,20,27H,2-8,13-14H2,1H3,(H,28,32)/t20-/m0/s1. The van der Waals surface area contributed by atoms with E-state index in [1.54, 1.807) is 12.3 Å². The molecule has 1 aromatic carbocycles. The fraction of sp³-hybridized carbons (Fsp3) is 0.458. The molecular weight excluding hydrogens is 442 g/mol. The Morgan fingerprint density at radius 1 is 1.21 bits per heavy atom. The number of rotatable bonds is 4. The third kappa shape index (κ3) is 4.43. The molecule has 0 bridgehead atoms. The van der Waals surface area contributed by atoms with Crippen LogP contribution in [0.4, 0.5) is 5.69 Å². The van der Waals surface area contributed by atoms with Crippen LogP contribution >= 0.6 is 11.6 Å². The second-order valence-corrected chi connectivity index (χ2v) is 9.31. The lowest BCUT2D eigenvalue weighted by atomic mass is 10.1. The number of nitrogens with one attached hydrogen (secondary N) is 2. The summed E-state index contributed by atoms with van der Waals surface area (Å²) in [5.41, 5.74) is 3.32. The Labute approximate surface area is 197 Å². The number of amides is 2. The number of halogens is 1. The van der Waals surface area contributed by atoms with E-state index in [4.69, 9.17) is 16.3 Å². The monoisotopic (exact) mass is 469 g/mol. The molecule has 2 aliphatic rings. The molecule has 2 amide bonds. The van der Waals surface area contributed by atoms with Gasteiger partial charge in [0.1, 0.15) is 6.04 Å². The minimum atomic E-state index is -0.547. The number of likely N-dealkylation sites (tertiary alicyclic amines) is 1. The van der Waals surface area contributed by atoms with Crippen LogP contribution in [-0.4, -0.2) is 77.0 Å². The van der Waals surface area contributed by atoms with Crippen molar-refractivity contribution in [1.29, 1.82) is 0 Å². The quantitative estimate of drug-likeness (QED) is 0.611. The maximum absolute atomic E-state index is 13.3. The zero-order valence-electron chi connectivity index (χ0n) is 18.7. The van der Waals surface area contributed by atoms with Gasteiger partial charge in [0.15, 0.2) is 0 Å². The Bertz CT molecular complexity index is 1200. The maximum Gasteiger partial charge on any atom is 0.244 e. The summed E-state index contributed by atoms with van der Waals surface area (Å²) < 4.78 is 5.60. The van der Waals surface area contributed by atoms with Crippen molar-refractivity contribution in [2.24, 2.45) is 0 Å². The summed E-state index contributed by atoms with van der Waals surface area (Å²) >= 11 is 6.42. The predicted molar refractivity (Wildman–Crippen MR) is 129 cm³/mol. The molecule has 2 aliphatic heterocycles. The first kappa shape index (κ1) is 22.1. The molecule has 33 heavy (non-hydrogen) atoms. The van der Waals surface area contributed by atoms with Crippen molar-refractivity contribution in [2.45, 2.75) is 32.2 Å². The molecule has 8 nitrogen and oxygen atoms in total. The smallest absolute Gasteiger partial charge is 0.244 e. The van der Waals surface area contributed by atoms with E-state index in [2.05, 4.69) is 15.3 Å². The molecule has 0 aliphatic carbocycles. The molecule has 3 aromatic rings. The van der Waals surface area contributed by atoms with Gasteiger partial charge in [-0.15, -0.1) is 0 Å². The summed E-state index contributed by atoms with van der Waals surface area (Å²) in [7, 11) is 0. The highest BCUT2D eigenvalue weighted by Crippen LogP contribution is 2.34. The van der Waals surface area contributed by atoms with E-state index in [-0.39, 0.29) is 25.0 Å². The molecule has 2 aromatic heterocycles. The number of carbonyl (C=O) groups is 2. The molecular formula is C24H28ClN5O3. The summed E-state index contributed by atoms with van der Waals surface area (Å²) in [5, 5.41) is 5.54. The van der Waals surface area contributed by atoms with Gasteiger partial charge in [0.05, 0.1) is 42.7 Å². The molecule has 2 saturated heterocycles. The third-order valence-corrected chi connectivity index (χ3v) is 6.83. The number of piperidine rings is 1. The van der Waals surface area contributed by atoms with Crippen LogP contribution in [0.2, 0.25) is 5.02 Å². The molecule has 4 heterocycles. The van der Waals surface area contributed by atoms with Crippen LogP contribution in [-0.2, 0) is 14.3 Å². The number of fused-ring (bicyclic) bond motifs is 3. The Morgan fingerprint density at radius 3 is 2.85 bits per heavy atom. The first-order chi connectivity index (χ1) is 16.0. The lowest BCUT2D eigenvalue weighted by Crippen LogP contribution is -2.55. The molecule has 174 valence electrons. The van der Waals surface area contributed by atoms with Gasteiger partial charge in [0, 0.05) is 41.6 Å². The van der Waals surface area contributed by atoms with Gasteiger partial charge in [0.2, 0.25) is 11.8 Å². The van der Waals surface area contributed by atoms with Crippen LogP contribution in [0.5, 0.6) is 0 Å². The zero-order valence-corrected chi connectivity index (χ0v) is 19.5. The summed E-state index contributed by atoms with van der Waals surface area (Å²) in [6, 6.07) is 3.09. The van der Waals surface area contributed by atoms with Gasteiger partial charge >= 0.3 is 0 Å². The predicted octanol–water partition coefficient (Wildman–Crippen LogP) is 3.33. The number of aromatic amines is 1. The molecule has 9 heteroatoms. The van der Waals surface area contributed by atoms with Crippen molar-refractivity contribution in [3.05, 3.63) is 35.1 Å². The average molecular weight is 470 g/mol. The molecule has 0 unspecified atom stereocenters. The fourth-order valence-corrected chi connectivity index (χ4v) is 5.11. The number of ether oxygens (including phenoxy) is 1. The van der Waals surface area contributed by atoms with E-state index >= 15 is 0 Å². The first-order valence-corrected chi connectivity index (χ1v) is 11.8. The number of H-pyrrole nitrogens is 1. The van der Waals surface area contributed by atoms with Gasteiger partial charge in [-0.1, -0.05) is 11.6 Å². The third-order valence-electron chi connectivity index (χ3n) is 6.61. The number of carbonyl (C=O) groups excluding carboxylic acids is 2. The number of aromatic nitrogens is 2. The highest BCUT2D eigenvalue weighted by Gasteiger charge is 2.32. The minimum absolute atomic E-state index is 0.0816. The van der Waals surface area contributed by atoms with Gasteiger partial charge < -0.3 is 19.9 Å². The van der Waals surface area contributed by atoms with Crippen molar-refractivity contribution in [2.75, 3.05) is 44.7 Å². The molecule has 2 N–H and O–H groups in total. The van der Waals surface area contributed by atoms with Gasteiger partial charge in [0.25, 0.3) is 0 Å². The summed E-state index contributed by atoms with van der Waals surface area (Å²) in [4.78, 5) is 37.6. The number of hydrogen-bond donors (Lipinski definition) is 2. The Hall–Kier alpha value is -2.68. The Balaban J connectivity index is 1.39. The minimum Gasteiger partial charge on any atom is -0.378 e. The summed E-state index contributed by atoms with van der Waals surface area (Å²) in [5.74, 6) is -0.128. The van der Waals surface area contributed by atoms with E-state index in [1.165, 1.54) is 6.42 Å². The highest BCUT2D eigenvalue weighted by atomic mass is 35.5. The van der Waals surface area contributed by atoms with E-state index < -0.39 is 6.04 Å². The number of morpholine rings is 1. The van der Waals surface area contributed by atoms with E-state index in [0.29, 0.717) is 23.9 Å². The van der Waals surface area contributed by atoms with Gasteiger partial charge in [-0.05, 0) is 43.9 Å². The molecule has 0 radical (unpaired) electrons. The Kier molecular flexibility index (Phi) is 6.23. The topological polar surface area (TPSA) is 90.6 Å². The van der Waals surface area contributed by atoms with Crippen molar-refractivity contribution in [3.63, 3.8) is 0 Å². The number of nitrogens with zero attached hydrogens (tertiary/aromatic N) is 3. The molecule has 2 fully saturated rings. The average Bonchev–Trinajstić information content (AvgIpc) is 3.20. The van der Waals surface area contributed by atoms with E-state index in [0.717, 1.165) is 53.3 Å². The normalized spacial score (nSPS) is 19.8. The van der Waals surface area contributed by atoms with Gasteiger partial charge in [-0.2, -0.15) is 0 Å². The van der Waals surface area contributed by atoms with Crippen molar-refractivity contribution in [3.8, 4) is 0 Å². The number of pyridine rings is 1. The highest BCUT2D eigenvalue weighted by molar-refractivity contribution is 6.33. The van der Waals surface area contributed by atoms with E-state index in [1.807, 2.05) is 29.0 Å². The summed E-state index contributed by atoms with van der Waals surface area (Å²) in [6.45, 7) is 5.12. The zero-order chi connectivity index (χ0) is 22.9. The number of anilines is 1. The molecule has 5 rings (SSSR count). The van der Waals surface area contributed by atoms with Crippen molar-refractivity contribution < 1.29 is 14.3 Å². The second-order valence-electron chi connectivity index (χ2n) is 8.87. The van der Waals surface area contributed by atoms with Crippen LogP contribution < -0.4 is 5.32 Å². The molecule has 0 saturated carbocycles. The first-order valence-electron chi connectivity index (χ1n) is 11.5. The number of hydrogen-bond acceptors (Lipinski definition) is 5. The van der Waals surface area contributed by atoms with Crippen LogP contribution in [0.25, 0.3) is 21.8 Å². The number of aryl methyl sites for hydroxylation is 1. The van der Waals surface area contributed by atoms with Crippen LogP contribution in [0.15, 0.2) is 24.5 Å². The molecule has 1 atom stereocenters. The lowest BCUT2D eigenvalue weighted by molar-refractivity contribution is -0.138. The van der Waals surface area contributed by atoms with Crippen molar-refractivity contribution >= 4 is 50.9 Å². The molecule has 0 spiro atoms. The van der Waals surface area contributed by atoms with Crippen LogP contribution in [0.3, 0.4) is 0 Å². The second kappa shape index (κ2) is 9.29. The van der Waals surface area contributed by atoms with Crippen LogP contribution in [0, 0.1) is 6.92 Å². The largest absolute Gasteiger partial charge is 0.378 e. The maximum atomic E-state index is 13.3. The SMILES string of the molecule is Cc1cncc2[nH]c3c(NC(=O)[C@@H]4COCCN4CC(=O)N4CCCCC4)cc(Cl)cc3c12. The van der Waals surface area contributed by atoms with Crippen LogP contribution in [0.1, 0.15) is 24.8 Å². The lowest BCUT2D eigenvalue weighted by Gasteiger charge is -2.36. The van der Waals surface area contributed by atoms with Gasteiger partial charge in [-0.25, -0.2) is 0 Å².